The van der Waals surface area contributed by atoms with Crippen molar-refractivity contribution in [2.24, 2.45) is 10.7 Å². The zero-order valence-corrected chi connectivity index (χ0v) is 24.7. The number of hydrogen-bond acceptors (Lipinski definition) is 6. The second-order valence-corrected chi connectivity index (χ2v) is 13.0. The molecule has 9 heteroatoms. The number of benzene rings is 2. The molecule has 1 aliphatic heterocycles. The lowest BCUT2D eigenvalue weighted by molar-refractivity contribution is -0.127. The fourth-order valence-corrected chi connectivity index (χ4v) is 6.29. The summed E-state index contributed by atoms with van der Waals surface area (Å²) in [5.41, 5.74) is 10.2. The molecule has 0 spiro atoms. The van der Waals surface area contributed by atoms with Crippen LogP contribution in [-0.4, -0.2) is 53.7 Å². The Hall–Kier alpha value is -3.48. The lowest BCUT2D eigenvalue weighted by Gasteiger charge is -2.22. The lowest BCUT2D eigenvalue weighted by Crippen LogP contribution is -2.34. The number of rotatable bonds is 11. The number of aliphatic imine (C=N–C) groups is 1. The number of hydrogen-bond donors (Lipinski definition) is 1. The van der Waals surface area contributed by atoms with Crippen molar-refractivity contribution in [2.45, 2.75) is 46.6 Å². The van der Waals surface area contributed by atoms with Gasteiger partial charge in [-0.3, -0.25) is 14.2 Å². The molecule has 1 atom stereocenters. The number of nitrogens with two attached hydrogens (primary N) is 1. The van der Waals surface area contributed by atoms with Crippen molar-refractivity contribution in [3.8, 4) is 11.1 Å². The molecule has 2 heterocycles. The summed E-state index contributed by atoms with van der Waals surface area (Å²) < 4.78 is 19.4. The molecule has 1 unspecified atom stereocenters. The minimum Gasteiger partial charge on any atom is -0.387 e. The van der Waals surface area contributed by atoms with Crippen LogP contribution in [0.3, 0.4) is 0 Å². The number of carbonyl (C=O) groups excluding carboxylic acids is 1. The first-order valence-corrected chi connectivity index (χ1v) is 16.2. The van der Waals surface area contributed by atoms with Crippen LogP contribution in [0.2, 0.25) is 0 Å². The molecule has 0 aliphatic carbocycles. The molecule has 1 amide bonds. The second kappa shape index (κ2) is 12.8. The standard InChI is InChI=1S/C31H39N4O4P/c1-5-13-34(14-6-2)30(36)26-19-25-9-8-23(20-28(25)33-29(32)21-26)22-10-11-27-24(18-22)12-15-35(31(27)37)16-17-40(4,38)39-7-3/h8-12,15,18-20H,5-7,13-14,16-17,21H2,1-4H3,(H2,32,33). The highest BCUT2D eigenvalue weighted by Crippen LogP contribution is 2.42. The van der Waals surface area contributed by atoms with Gasteiger partial charge in [-0.05, 0) is 66.6 Å². The summed E-state index contributed by atoms with van der Waals surface area (Å²) in [6, 6.07) is 13.6. The van der Waals surface area contributed by atoms with Crippen LogP contribution in [-0.2, 0) is 20.4 Å². The topological polar surface area (TPSA) is 107 Å². The van der Waals surface area contributed by atoms with Gasteiger partial charge in [0.2, 0.25) is 13.3 Å². The minimum absolute atomic E-state index is 0.0126. The number of aryl methyl sites for hydroxylation is 1. The van der Waals surface area contributed by atoms with Crippen LogP contribution >= 0.6 is 7.37 Å². The summed E-state index contributed by atoms with van der Waals surface area (Å²) in [4.78, 5) is 32.9. The molecule has 0 saturated carbocycles. The molecular formula is C31H39N4O4P. The molecule has 0 bridgehead atoms. The molecule has 212 valence electrons. The fourth-order valence-electron chi connectivity index (χ4n) is 5.04. The van der Waals surface area contributed by atoms with Crippen molar-refractivity contribution in [2.75, 3.05) is 32.5 Å². The number of pyridine rings is 1. The molecule has 0 saturated heterocycles. The largest absolute Gasteiger partial charge is 0.387 e. The molecule has 3 aromatic rings. The van der Waals surface area contributed by atoms with Gasteiger partial charge in [0.1, 0.15) is 5.84 Å². The molecule has 0 radical (unpaired) electrons. The van der Waals surface area contributed by atoms with Crippen LogP contribution < -0.4 is 11.3 Å². The first-order valence-electron chi connectivity index (χ1n) is 14.0. The van der Waals surface area contributed by atoms with Gasteiger partial charge in [0.15, 0.2) is 0 Å². The Morgan fingerprint density at radius 1 is 1.07 bits per heavy atom. The molecule has 2 N–H and O–H groups in total. The summed E-state index contributed by atoms with van der Waals surface area (Å²) in [5.74, 6) is 0.419. The van der Waals surface area contributed by atoms with E-state index >= 15 is 0 Å². The summed E-state index contributed by atoms with van der Waals surface area (Å²) in [7, 11) is -2.73. The summed E-state index contributed by atoms with van der Waals surface area (Å²) >= 11 is 0. The number of fused-ring (bicyclic) bond motifs is 2. The number of amides is 1. The highest BCUT2D eigenvalue weighted by atomic mass is 31.2. The molecule has 4 rings (SSSR count). The Balaban J connectivity index is 1.63. The quantitative estimate of drug-likeness (QED) is 0.287. The molecule has 40 heavy (non-hydrogen) atoms. The van der Waals surface area contributed by atoms with E-state index < -0.39 is 7.37 Å². The van der Waals surface area contributed by atoms with Crippen LogP contribution in [0, 0.1) is 0 Å². The number of amidine groups is 1. The van der Waals surface area contributed by atoms with Gasteiger partial charge in [0.05, 0.1) is 12.3 Å². The van der Waals surface area contributed by atoms with Crippen LogP contribution in [0.4, 0.5) is 5.69 Å². The molecule has 8 nitrogen and oxygen atoms in total. The van der Waals surface area contributed by atoms with Gasteiger partial charge in [-0.2, -0.15) is 0 Å². The van der Waals surface area contributed by atoms with E-state index in [0.717, 1.165) is 34.9 Å². The summed E-state index contributed by atoms with van der Waals surface area (Å²) in [6.45, 7) is 9.71. The van der Waals surface area contributed by atoms with Crippen LogP contribution in [0.1, 0.15) is 45.6 Å². The third kappa shape index (κ3) is 6.80. The van der Waals surface area contributed by atoms with Crippen molar-refractivity contribution < 1.29 is 13.9 Å². The number of nitrogens with zero attached hydrogens (tertiary/aromatic N) is 3. The average Bonchev–Trinajstić information content (AvgIpc) is 3.09. The molecule has 0 fully saturated rings. The third-order valence-corrected chi connectivity index (χ3v) is 8.82. The third-order valence-electron chi connectivity index (χ3n) is 7.00. The number of aromatic nitrogens is 1. The van der Waals surface area contributed by atoms with Crippen LogP contribution in [0.25, 0.3) is 28.0 Å². The van der Waals surface area contributed by atoms with E-state index in [9.17, 15) is 14.2 Å². The number of carbonyl (C=O) groups is 1. The Labute approximate surface area is 236 Å². The average molecular weight is 563 g/mol. The maximum atomic E-state index is 13.3. The maximum absolute atomic E-state index is 13.3. The minimum atomic E-state index is -2.73. The monoisotopic (exact) mass is 562 g/mol. The normalized spacial score (nSPS) is 14.6. The first-order chi connectivity index (χ1) is 19.2. The molecule has 1 aliphatic rings. The first kappa shape index (κ1) is 29.5. The van der Waals surface area contributed by atoms with E-state index in [1.807, 2.05) is 60.4 Å². The van der Waals surface area contributed by atoms with Gasteiger partial charge in [0, 0.05) is 61.6 Å². The molecule has 2 aromatic carbocycles. The van der Waals surface area contributed by atoms with Gasteiger partial charge in [0.25, 0.3) is 5.56 Å². The van der Waals surface area contributed by atoms with E-state index in [4.69, 9.17) is 10.3 Å². The van der Waals surface area contributed by atoms with Gasteiger partial charge in [-0.15, -0.1) is 0 Å². The zero-order valence-electron chi connectivity index (χ0n) is 23.9. The van der Waals surface area contributed by atoms with Crippen molar-refractivity contribution in [1.29, 1.82) is 0 Å². The lowest BCUT2D eigenvalue weighted by atomic mass is 9.99. The van der Waals surface area contributed by atoms with E-state index in [2.05, 4.69) is 18.8 Å². The Morgan fingerprint density at radius 3 is 2.48 bits per heavy atom. The van der Waals surface area contributed by atoms with Crippen LogP contribution in [0.15, 0.2) is 64.0 Å². The van der Waals surface area contributed by atoms with E-state index in [-0.39, 0.29) is 11.5 Å². The Bertz CT molecular complexity index is 1570. The zero-order chi connectivity index (χ0) is 28.9. The van der Waals surface area contributed by atoms with Crippen LogP contribution in [0.5, 0.6) is 0 Å². The predicted molar refractivity (Wildman–Crippen MR) is 165 cm³/mol. The smallest absolute Gasteiger partial charge is 0.258 e. The van der Waals surface area contributed by atoms with E-state index in [1.54, 1.807) is 17.4 Å². The van der Waals surface area contributed by atoms with Crippen molar-refractivity contribution >= 4 is 41.6 Å². The van der Waals surface area contributed by atoms with Gasteiger partial charge in [-0.25, -0.2) is 4.99 Å². The van der Waals surface area contributed by atoms with Crippen molar-refractivity contribution in [3.05, 3.63) is 70.2 Å². The Morgan fingerprint density at radius 2 is 1.77 bits per heavy atom. The second-order valence-electron chi connectivity index (χ2n) is 10.3. The van der Waals surface area contributed by atoms with Gasteiger partial charge in [-0.1, -0.05) is 32.0 Å². The molecular weight excluding hydrogens is 523 g/mol. The molecule has 1 aromatic heterocycles. The highest BCUT2D eigenvalue weighted by Gasteiger charge is 2.21. The highest BCUT2D eigenvalue weighted by molar-refractivity contribution is 7.58. The van der Waals surface area contributed by atoms with E-state index in [1.165, 1.54) is 0 Å². The van der Waals surface area contributed by atoms with Gasteiger partial charge >= 0.3 is 0 Å². The predicted octanol–water partition coefficient (Wildman–Crippen LogP) is 6.04. The maximum Gasteiger partial charge on any atom is 0.258 e. The van der Waals surface area contributed by atoms with E-state index in [0.29, 0.717) is 61.3 Å². The SMILES string of the molecule is CCCN(CCC)C(=O)C1=Cc2ccc(-c3ccc4c(=O)n(CCP(C)(=O)OCC)ccc4c3)cc2N=C(N)C1. The van der Waals surface area contributed by atoms with Gasteiger partial charge < -0.3 is 19.7 Å². The van der Waals surface area contributed by atoms with Crippen molar-refractivity contribution in [3.63, 3.8) is 0 Å². The van der Waals surface area contributed by atoms with Crippen molar-refractivity contribution in [1.82, 2.24) is 9.47 Å². The Kier molecular flexibility index (Phi) is 9.44. The fraction of sp³-hybridized carbons (Fsp3) is 0.387. The summed E-state index contributed by atoms with van der Waals surface area (Å²) in [5, 5.41) is 1.42. The summed E-state index contributed by atoms with van der Waals surface area (Å²) in [6.07, 6.45) is 6.07.